The van der Waals surface area contributed by atoms with Crippen LogP contribution in [0.1, 0.15) is 36.1 Å². The highest BCUT2D eigenvalue weighted by Crippen LogP contribution is 2.33. The molecule has 1 saturated heterocycles. The summed E-state index contributed by atoms with van der Waals surface area (Å²) >= 11 is 0. The Balaban J connectivity index is 1.32. The van der Waals surface area contributed by atoms with E-state index in [0.29, 0.717) is 69.0 Å². The highest BCUT2D eigenvalue weighted by atomic mass is 16.5. The number of rotatable bonds is 4. The van der Waals surface area contributed by atoms with Gasteiger partial charge in [-0.05, 0) is 60.7 Å². The number of benzene rings is 2. The second-order valence-electron chi connectivity index (χ2n) is 9.83. The van der Waals surface area contributed by atoms with Crippen LogP contribution >= 0.6 is 0 Å². The number of aromatic nitrogens is 2. The fraction of sp³-hybridized carbons (Fsp3) is 0.414. The third kappa shape index (κ3) is 6.16. The van der Waals surface area contributed by atoms with Crippen LogP contribution in [0, 0.1) is 0 Å². The maximum atomic E-state index is 13.0. The molecular formula is C29H34N4O5. The van der Waals surface area contributed by atoms with Crippen LogP contribution in [-0.4, -0.2) is 58.8 Å². The molecule has 3 aromatic rings. The molecule has 1 fully saturated rings. The van der Waals surface area contributed by atoms with Crippen LogP contribution in [0.25, 0.3) is 0 Å². The smallest absolute Gasteiger partial charge is 0.223 e. The predicted octanol–water partition coefficient (Wildman–Crippen LogP) is 3.40. The number of carbonyl (C=O) groups is 2. The van der Waals surface area contributed by atoms with Crippen molar-refractivity contribution >= 4 is 11.8 Å². The largest absolute Gasteiger partial charge is 0.493 e. The van der Waals surface area contributed by atoms with Crippen molar-refractivity contribution < 1.29 is 23.8 Å². The van der Waals surface area contributed by atoms with Crippen molar-refractivity contribution in [2.45, 2.75) is 50.9 Å². The first kappa shape index (κ1) is 25.8. The number of hydrogen-bond acceptors (Lipinski definition) is 6. The average Bonchev–Trinajstić information content (AvgIpc) is 3.34. The average molecular weight is 519 g/mol. The molecule has 0 saturated carbocycles. The second kappa shape index (κ2) is 11.7. The summed E-state index contributed by atoms with van der Waals surface area (Å²) in [6, 6.07) is 15.2. The number of fused-ring (bicyclic) bond motifs is 5. The lowest BCUT2D eigenvalue weighted by molar-refractivity contribution is -0.137. The predicted molar refractivity (Wildman–Crippen MR) is 141 cm³/mol. The molecule has 9 heteroatoms. The molecule has 0 spiro atoms. The molecule has 2 atom stereocenters. The molecule has 2 aliphatic rings. The van der Waals surface area contributed by atoms with E-state index >= 15 is 0 Å². The lowest BCUT2D eigenvalue weighted by Crippen LogP contribution is -2.57. The van der Waals surface area contributed by atoms with E-state index in [1.165, 1.54) is 0 Å². The maximum Gasteiger partial charge on any atom is 0.223 e. The van der Waals surface area contributed by atoms with E-state index in [2.05, 4.69) is 10.4 Å². The molecule has 4 bridgehead atoms. The minimum atomic E-state index is -0.284. The zero-order valence-electron chi connectivity index (χ0n) is 21.9. The number of methoxy groups -OCH3 is 1. The van der Waals surface area contributed by atoms with Gasteiger partial charge in [-0.1, -0.05) is 18.2 Å². The summed E-state index contributed by atoms with van der Waals surface area (Å²) in [5, 5.41) is 7.34. The molecule has 2 aliphatic heterocycles. The highest BCUT2D eigenvalue weighted by molar-refractivity contribution is 5.78. The zero-order valence-corrected chi connectivity index (χ0v) is 21.9. The Morgan fingerprint density at radius 2 is 2.05 bits per heavy atom. The van der Waals surface area contributed by atoms with E-state index in [4.69, 9.17) is 14.2 Å². The van der Waals surface area contributed by atoms with Crippen LogP contribution in [0.2, 0.25) is 0 Å². The molecule has 0 unspecified atom stereocenters. The fourth-order valence-electron chi connectivity index (χ4n) is 5.06. The van der Waals surface area contributed by atoms with Crippen molar-refractivity contribution in [1.82, 2.24) is 20.0 Å². The molecule has 2 amide bonds. The summed E-state index contributed by atoms with van der Waals surface area (Å²) < 4.78 is 19.7. The van der Waals surface area contributed by atoms with Crippen LogP contribution < -0.4 is 14.8 Å². The van der Waals surface area contributed by atoms with E-state index < -0.39 is 0 Å². The van der Waals surface area contributed by atoms with Crippen molar-refractivity contribution in [2.75, 3.05) is 20.2 Å². The standard InChI is InChI=1S/C29H34N4O5/c1-32-22(12-14-30-32)8-11-29(35)33-15-13-25-24(18-33)31-28(34)10-7-20-6-9-26(36-2)27(17-20)38-23-5-3-4-21(16-23)19-37-25/h3-6,9,12,14,16-17,24-25H,7-8,10-11,13,15,18-19H2,1-2H3,(H,31,34)/t24-,25+/m0/s1. The summed E-state index contributed by atoms with van der Waals surface area (Å²) in [5.74, 6) is 1.93. The molecule has 3 heterocycles. The van der Waals surface area contributed by atoms with E-state index in [1.807, 2.05) is 60.5 Å². The number of nitrogens with one attached hydrogen (secondary N) is 1. The van der Waals surface area contributed by atoms with Gasteiger partial charge in [-0.3, -0.25) is 14.3 Å². The summed E-state index contributed by atoms with van der Waals surface area (Å²) in [6.45, 7) is 1.40. The monoisotopic (exact) mass is 518 g/mol. The van der Waals surface area contributed by atoms with Gasteiger partial charge >= 0.3 is 0 Å². The van der Waals surface area contributed by atoms with Crippen molar-refractivity contribution in [3.8, 4) is 17.2 Å². The van der Waals surface area contributed by atoms with E-state index in [-0.39, 0.29) is 24.0 Å². The highest BCUT2D eigenvalue weighted by Gasteiger charge is 2.33. The van der Waals surface area contributed by atoms with Gasteiger partial charge in [0, 0.05) is 44.9 Å². The fourth-order valence-corrected chi connectivity index (χ4v) is 5.06. The van der Waals surface area contributed by atoms with Crippen LogP contribution in [0.3, 0.4) is 0 Å². The topological polar surface area (TPSA) is 94.9 Å². The van der Waals surface area contributed by atoms with Crippen molar-refractivity contribution in [1.29, 1.82) is 0 Å². The first-order valence-corrected chi connectivity index (χ1v) is 13.1. The van der Waals surface area contributed by atoms with Crippen molar-refractivity contribution in [3.05, 3.63) is 71.5 Å². The number of ether oxygens (including phenoxy) is 3. The van der Waals surface area contributed by atoms with Gasteiger partial charge in [0.2, 0.25) is 11.8 Å². The van der Waals surface area contributed by atoms with Crippen LogP contribution in [0.15, 0.2) is 54.7 Å². The van der Waals surface area contributed by atoms with Gasteiger partial charge in [-0.2, -0.15) is 5.10 Å². The second-order valence-corrected chi connectivity index (χ2v) is 9.83. The number of piperidine rings is 1. The lowest BCUT2D eigenvalue weighted by Gasteiger charge is -2.39. The van der Waals surface area contributed by atoms with E-state index in [0.717, 1.165) is 16.8 Å². The van der Waals surface area contributed by atoms with Gasteiger partial charge < -0.3 is 24.4 Å². The Kier molecular flexibility index (Phi) is 7.93. The number of aryl methyl sites for hydroxylation is 3. The van der Waals surface area contributed by atoms with Gasteiger partial charge in [-0.25, -0.2) is 0 Å². The number of carbonyl (C=O) groups excluding carboxylic acids is 2. The van der Waals surface area contributed by atoms with Crippen molar-refractivity contribution in [3.63, 3.8) is 0 Å². The Morgan fingerprint density at radius 1 is 1.16 bits per heavy atom. The summed E-state index contributed by atoms with van der Waals surface area (Å²) in [5.41, 5.74) is 2.96. The Bertz CT molecular complexity index is 1290. The number of amides is 2. The Labute approximate surface area is 222 Å². The van der Waals surface area contributed by atoms with Gasteiger partial charge in [0.1, 0.15) is 5.75 Å². The SMILES string of the molecule is COc1ccc2cc1Oc1cccc(c1)CO[C@@H]1CCN(C(=O)CCc3ccnn3C)C[C@@H]1NC(=O)CC2. The normalized spacial score (nSPS) is 19.8. The lowest BCUT2D eigenvalue weighted by atomic mass is 10.00. The van der Waals surface area contributed by atoms with Gasteiger partial charge in [0.05, 0.1) is 25.9 Å². The molecule has 200 valence electrons. The molecule has 1 aromatic heterocycles. The van der Waals surface area contributed by atoms with Gasteiger partial charge in [0.15, 0.2) is 11.5 Å². The first-order chi connectivity index (χ1) is 18.5. The van der Waals surface area contributed by atoms with Gasteiger partial charge in [0.25, 0.3) is 0 Å². The van der Waals surface area contributed by atoms with Crippen molar-refractivity contribution in [2.24, 2.45) is 7.05 Å². The summed E-state index contributed by atoms with van der Waals surface area (Å²) in [4.78, 5) is 27.9. The van der Waals surface area contributed by atoms with E-state index in [1.54, 1.807) is 18.0 Å². The molecule has 5 rings (SSSR count). The summed E-state index contributed by atoms with van der Waals surface area (Å²) in [6.07, 6.45) is 4.09. The third-order valence-corrected chi connectivity index (χ3v) is 7.23. The molecule has 1 N–H and O–H groups in total. The Morgan fingerprint density at radius 3 is 2.87 bits per heavy atom. The summed E-state index contributed by atoms with van der Waals surface area (Å²) in [7, 11) is 3.49. The molecule has 9 nitrogen and oxygen atoms in total. The number of nitrogens with zero attached hydrogens (tertiary/aromatic N) is 3. The van der Waals surface area contributed by atoms with Crippen LogP contribution in [-0.2, 0) is 40.8 Å². The third-order valence-electron chi connectivity index (χ3n) is 7.23. The molecular weight excluding hydrogens is 484 g/mol. The quantitative estimate of drug-likeness (QED) is 0.569. The maximum absolute atomic E-state index is 13.0. The molecule has 0 radical (unpaired) electrons. The van der Waals surface area contributed by atoms with Crippen LogP contribution in [0.4, 0.5) is 0 Å². The molecule has 2 aromatic carbocycles. The Hall–Kier alpha value is -3.85. The minimum Gasteiger partial charge on any atom is -0.493 e. The minimum absolute atomic E-state index is 0.0681. The number of likely N-dealkylation sites (tertiary alicyclic amines) is 1. The molecule has 0 aliphatic carbocycles. The van der Waals surface area contributed by atoms with Crippen LogP contribution in [0.5, 0.6) is 17.2 Å². The zero-order chi connectivity index (χ0) is 26.5. The van der Waals surface area contributed by atoms with E-state index in [9.17, 15) is 9.59 Å². The molecule has 38 heavy (non-hydrogen) atoms. The first-order valence-electron chi connectivity index (χ1n) is 13.1. The van der Waals surface area contributed by atoms with Gasteiger partial charge in [-0.15, -0.1) is 0 Å². The number of hydrogen-bond donors (Lipinski definition) is 1.